The average molecular weight is 292 g/mol. The molecule has 2 rings (SSSR count). The third kappa shape index (κ3) is 4.79. The Labute approximate surface area is 128 Å². The van der Waals surface area contributed by atoms with Crippen LogP contribution >= 0.6 is 0 Å². The molecule has 0 bridgehead atoms. The molecule has 0 saturated carbocycles. The van der Waals surface area contributed by atoms with Gasteiger partial charge in [0.2, 0.25) is 0 Å². The number of likely N-dealkylation sites (tertiary alicyclic amines) is 1. The van der Waals surface area contributed by atoms with Crippen molar-refractivity contribution in [2.45, 2.75) is 58.0 Å². The molecule has 21 heavy (non-hydrogen) atoms. The summed E-state index contributed by atoms with van der Waals surface area (Å²) in [5.41, 5.74) is 0.815. The van der Waals surface area contributed by atoms with Gasteiger partial charge in [0, 0.05) is 24.2 Å². The first-order valence-electron chi connectivity index (χ1n) is 8.44. The minimum Gasteiger partial charge on any atom is -0.310 e. The summed E-state index contributed by atoms with van der Waals surface area (Å²) in [6.45, 7) is 7.65. The zero-order valence-electron chi connectivity index (χ0n) is 13.4. The van der Waals surface area contributed by atoms with Crippen molar-refractivity contribution in [2.75, 3.05) is 19.6 Å². The number of nitrogens with one attached hydrogen (secondary N) is 1. The quantitative estimate of drug-likeness (QED) is 0.813. The lowest BCUT2D eigenvalue weighted by atomic mass is 9.99. The molecule has 0 aliphatic carbocycles. The number of halogens is 1. The summed E-state index contributed by atoms with van der Waals surface area (Å²) in [5.74, 6) is -0.0854. The van der Waals surface area contributed by atoms with Gasteiger partial charge >= 0.3 is 0 Å². The summed E-state index contributed by atoms with van der Waals surface area (Å²) in [7, 11) is 0. The van der Waals surface area contributed by atoms with Crippen LogP contribution in [-0.2, 0) is 0 Å². The molecule has 1 saturated heterocycles. The van der Waals surface area contributed by atoms with Gasteiger partial charge in [-0.3, -0.25) is 0 Å². The van der Waals surface area contributed by atoms with Crippen molar-refractivity contribution in [3.63, 3.8) is 0 Å². The molecule has 0 amide bonds. The normalized spacial score (nSPS) is 21.4. The van der Waals surface area contributed by atoms with E-state index in [-0.39, 0.29) is 11.9 Å². The van der Waals surface area contributed by atoms with Gasteiger partial charge in [-0.2, -0.15) is 0 Å². The molecule has 2 atom stereocenters. The number of hydrogen-bond acceptors (Lipinski definition) is 2. The van der Waals surface area contributed by atoms with Crippen molar-refractivity contribution in [1.82, 2.24) is 10.2 Å². The second kappa shape index (κ2) is 8.50. The maximum absolute atomic E-state index is 14.1. The minimum atomic E-state index is -0.0854. The van der Waals surface area contributed by atoms with Crippen molar-refractivity contribution < 1.29 is 4.39 Å². The Hall–Kier alpha value is -0.930. The maximum Gasteiger partial charge on any atom is 0.127 e. The van der Waals surface area contributed by atoms with Crippen LogP contribution < -0.4 is 5.32 Å². The van der Waals surface area contributed by atoms with Crippen LogP contribution in [0.25, 0.3) is 0 Å². The number of benzene rings is 1. The van der Waals surface area contributed by atoms with Crippen molar-refractivity contribution in [1.29, 1.82) is 0 Å². The molecule has 2 unspecified atom stereocenters. The minimum absolute atomic E-state index is 0.0854. The summed E-state index contributed by atoms with van der Waals surface area (Å²) >= 11 is 0. The molecule has 0 spiro atoms. The summed E-state index contributed by atoms with van der Waals surface area (Å²) in [6.07, 6.45) is 6.00. The zero-order valence-corrected chi connectivity index (χ0v) is 13.4. The van der Waals surface area contributed by atoms with E-state index in [4.69, 9.17) is 0 Å². The van der Waals surface area contributed by atoms with Crippen LogP contribution in [0.4, 0.5) is 4.39 Å². The Morgan fingerprint density at radius 1 is 1.33 bits per heavy atom. The summed E-state index contributed by atoms with van der Waals surface area (Å²) < 4.78 is 14.1. The van der Waals surface area contributed by atoms with Gasteiger partial charge in [0.1, 0.15) is 5.82 Å². The highest BCUT2D eigenvalue weighted by Gasteiger charge is 2.21. The molecule has 1 heterocycles. The van der Waals surface area contributed by atoms with E-state index in [9.17, 15) is 4.39 Å². The van der Waals surface area contributed by atoms with E-state index in [1.807, 2.05) is 12.1 Å². The fourth-order valence-corrected chi connectivity index (χ4v) is 3.23. The Bertz CT molecular complexity index is 421. The Kier molecular flexibility index (Phi) is 6.65. The standard InChI is InChI=1S/C18H29FN2/c1-3-12-20-18(16-9-4-5-10-17(16)19)11-14-21-13-7-6-8-15(21)2/h4-5,9-10,15,18,20H,3,6-8,11-14H2,1-2H3. The van der Waals surface area contributed by atoms with Crippen LogP contribution in [0.15, 0.2) is 24.3 Å². The van der Waals surface area contributed by atoms with Crippen LogP contribution in [0, 0.1) is 5.82 Å². The highest BCUT2D eigenvalue weighted by atomic mass is 19.1. The topological polar surface area (TPSA) is 15.3 Å². The smallest absolute Gasteiger partial charge is 0.127 e. The van der Waals surface area contributed by atoms with E-state index >= 15 is 0 Å². The van der Waals surface area contributed by atoms with Gasteiger partial charge in [-0.05, 0) is 51.8 Å². The van der Waals surface area contributed by atoms with Crippen molar-refractivity contribution in [3.8, 4) is 0 Å². The molecule has 3 heteroatoms. The van der Waals surface area contributed by atoms with Gasteiger partial charge in [0.05, 0.1) is 0 Å². The first-order chi connectivity index (χ1) is 10.2. The van der Waals surface area contributed by atoms with Crippen molar-refractivity contribution in [2.24, 2.45) is 0 Å². The fraction of sp³-hybridized carbons (Fsp3) is 0.667. The molecule has 0 radical (unpaired) electrons. The second-order valence-corrected chi connectivity index (χ2v) is 6.20. The lowest BCUT2D eigenvalue weighted by molar-refractivity contribution is 0.153. The SMILES string of the molecule is CCCNC(CCN1CCCCC1C)c1ccccc1F. The van der Waals surface area contributed by atoms with Gasteiger partial charge in [0.25, 0.3) is 0 Å². The molecule has 2 nitrogen and oxygen atoms in total. The summed E-state index contributed by atoms with van der Waals surface area (Å²) in [5, 5.41) is 3.51. The predicted octanol–water partition coefficient (Wildman–Crippen LogP) is 4.13. The summed E-state index contributed by atoms with van der Waals surface area (Å²) in [6, 6.07) is 7.98. The van der Waals surface area contributed by atoms with Gasteiger partial charge in [-0.1, -0.05) is 31.5 Å². The van der Waals surface area contributed by atoms with Crippen molar-refractivity contribution in [3.05, 3.63) is 35.6 Å². The monoisotopic (exact) mass is 292 g/mol. The number of rotatable bonds is 7. The predicted molar refractivity (Wildman–Crippen MR) is 86.9 cm³/mol. The molecular formula is C18H29FN2. The lowest BCUT2D eigenvalue weighted by Gasteiger charge is -2.34. The largest absolute Gasteiger partial charge is 0.310 e. The second-order valence-electron chi connectivity index (χ2n) is 6.20. The average Bonchev–Trinajstić information content (AvgIpc) is 2.50. The molecular weight excluding hydrogens is 263 g/mol. The van der Waals surface area contributed by atoms with Gasteiger partial charge in [-0.15, -0.1) is 0 Å². The molecule has 1 fully saturated rings. The molecule has 118 valence electrons. The molecule has 1 aliphatic heterocycles. The Morgan fingerprint density at radius 2 is 2.14 bits per heavy atom. The van der Waals surface area contributed by atoms with Crippen LogP contribution in [0.2, 0.25) is 0 Å². The van der Waals surface area contributed by atoms with E-state index in [1.54, 1.807) is 12.1 Å². The highest BCUT2D eigenvalue weighted by molar-refractivity contribution is 5.21. The van der Waals surface area contributed by atoms with Crippen LogP contribution in [0.1, 0.15) is 57.6 Å². The molecule has 0 aromatic heterocycles. The third-order valence-electron chi connectivity index (χ3n) is 4.57. The van der Waals surface area contributed by atoms with Gasteiger partial charge in [-0.25, -0.2) is 4.39 Å². The van der Waals surface area contributed by atoms with Crippen LogP contribution in [-0.4, -0.2) is 30.6 Å². The molecule has 1 N–H and O–H groups in total. The molecule has 1 aromatic rings. The van der Waals surface area contributed by atoms with E-state index in [0.717, 1.165) is 31.5 Å². The van der Waals surface area contributed by atoms with E-state index < -0.39 is 0 Å². The maximum atomic E-state index is 14.1. The Morgan fingerprint density at radius 3 is 2.86 bits per heavy atom. The van der Waals surface area contributed by atoms with Gasteiger partial charge in [0.15, 0.2) is 0 Å². The number of hydrogen-bond donors (Lipinski definition) is 1. The third-order valence-corrected chi connectivity index (χ3v) is 4.57. The van der Waals surface area contributed by atoms with E-state index in [0.29, 0.717) is 6.04 Å². The number of piperidine rings is 1. The van der Waals surface area contributed by atoms with E-state index in [2.05, 4.69) is 24.1 Å². The zero-order chi connectivity index (χ0) is 15.1. The van der Waals surface area contributed by atoms with Crippen LogP contribution in [0.3, 0.4) is 0 Å². The molecule has 1 aliphatic rings. The Balaban J connectivity index is 1.97. The number of nitrogens with zero attached hydrogens (tertiary/aromatic N) is 1. The lowest BCUT2D eigenvalue weighted by Crippen LogP contribution is -2.39. The molecule has 1 aromatic carbocycles. The van der Waals surface area contributed by atoms with Crippen LogP contribution in [0.5, 0.6) is 0 Å². The van der Waals surface area contributed by atoms with Gasteiger partial charge < -0.3 is 10.2 Å². The van der Waals surface area contributed by atoms with Crippen molar-refractivity contribution >= 4 is 0 Å². The fourth-order valence-electron chi connectivity index (χ4n) is 3.23. The summed E-state index contributed by atoms with van der Waals surface area (Å²) in [4.78, 5) is 2.56. The first-order valence-corrected chi connectivity index (χ1v) is 8.44. The highest BCUT2D eigenvalue weighted by Crippen LogP contribution is 2.23. The first kappa shape index (κ1) is 16.4. The van der Waals surface area contributed by atoms with E-state index in [1.165, 1.54) is 25.8 Å².